The molecule has 0 aromatic heterocycles. The average Bonchev–Trinajstić information content (AvgIpc) is 3.17. The van der Waals surface area contributed by atoms with E-state index in [1.165, 1.54) is 37.7 Å². The van der Waals surface area contributed by atoms with Crippen molar-refractivity contribution in [1.29, 1.82) is 0 Å². The van der Waals surface area contributed by atoms with Crippen LogP contribution in [0.2, 0.25) is 0 Å². The van der Waals surface area contributed by atoms with Gasteiger partial charge in [-0.2, -0.15) is 0 Å². The topological polar surface area (TPSA) is 46.5 Å². The smallest absolute Gasteiger partial charge is 0.147 e. The van der Waals surface area contributed by atoms with Gasteiger partial charge in [0.05, 0.1) is 24.1 Å². The summed E-state index contributed by atoms with van der Waals surface area (Å²) in [5.41, 5.74) is 1.01. The fourth-order valence-electron chi connectivity index (χ4n) is 9.01. The number of halogens is 1. The van der Waals surface area contributed by atoms with Crippen molar-refractivity contribution < 1.29 is 14.6 Å². The molecule has 0 amide bonds. The fourth-order valence-corrected chi connectivity index (χ4v) is 9.40. The minimum Gasteiger partial charge on any atom is -0.387 e. The van der Waals surface area contributed by atoms with Crippen LogP contribution in [0.3, 0.4) is 0 Å². The Morgan fingerprint density at radius 1 is 1.00 bits per heavy atom. The molecule has 4 saturated carbocycles. The van der Waals surface area contributed by atoms with Crippen LogP contribution in [0, 0.1) is 40.4 Å². The summed E-state index contributed by atoms with van der Waals surface area (Å²) in [5.74, 6) is 3.49. The number of benzene rings is 1. The van der Waals surface area contributed by atoms with Crippen molar-refractivity contribution in [2.45, 2.75) is 83.8 Å². The van der Waals surface area contributed by atoms with Gasteiger partial charge >= 0.3 is 0 Å². The molecule has 0 aliphatic heterocycles. The zero-order valence-electron chi connectivity index (χ0n) is 20.4. The van der Waals surface area contributed by atoms with E-state index in [9.17, 15) is 9.90 Å². The van der Waals surface area contributed by atoms with Gasteiger partial charge in [-0.1, -0.05) is 60.1 Å². The number of carbonyl (C=O) groups excluding carboxylic acids is 1. The Labute approximate surface area is 208 Å². The van der Waals surface area contributed by atoms with Crippen LogP contribution in [0.15, 0.2) is 30.3 Å². The molecule has 0 radical (unpaired) electrons. The van der Waals surface area contributed by atoms with E-state index in [-0.39, 0.29) is 11.3 Å². The second-order valence-electron chi connectivity index (χ2n) is 12.3. The standard InChI is InChI=1S/C29H41BrO3/c1-27-14-15-29(32,19-33-18-20-6-4-3-5-7-20)16-21(27)8-9-22-23-10-11-25(26(31)17-30)28(23,2)13-12-24(22)27/h3-7,21-25,32H,8-19H2,1-2H3/t21-,22?,23?,24?,25+,27-,28-,29+/m0/s1. The van der Waals surface area contributed by atoms with Crippen LogP contribution >= 0.6 is 15.9 Å². The Morgan fingerprint density at radius 2 is 1.76 bits per heavy atom. The number of rotatable bonds is 6. The molecule has 4 aliphatic carbocycles. The van der Waals surface area contributed by atoms with Gasteiger partial charge in [-0.05, 0) is 97.9 Å². The van der Waals surface area contributed by atoms with E-state index in [2.05, 4.69) is 41.9 Å². The minimum absolute atomic E-state index is 0.204. The van der Waals surface area contributed by atoms with Crippen LogP contribution in [-0.2, 0) is 16.1 Å². The maximum absolute atomic E-state index is 12.7. The number of carbonyl (C=O) groups is 1. The van der Waals surface area contributed by atoms with Crippen LogP contribution in [0.5, 0.6) is 0 Å². The Morgan fingerprint density at radius 3 is 2.52 bits per heavy atom. The molecule has 1 aromatic carbocycles. The number of alkyl halides is 1. The highest BCUT2D eigenvalue weighted by molar-refractivity contribution is 9.09. The molecule has 8 atom stereocenters. The van der Waals surface area contributed by atoms with Crippen molar-refractivity contribution in [3.8, 4) is 0 Å². The van der Waals surface area contributed by atoms with Gasteiger partial charge in [0.15, 0.2) is 0 Å². The lowest BCUT2D eigenvalue weighted by atomic mass is 9.44. The normalized spacial score (nSPS) is 44.5. The molecule has 1 N–H and O–H groups in total. The van der Waals surface area contributed by atoms with Gasteiger partial charge in [-0.15, -0.1) is 0 Å². The molecule has 33 heavy (non-hydrogen) atoms. The maximum Gasteiger partial charge on any atom is 0.147 e. The van der Waals surface area contributed by atoms with Crippen molar-refractivity contribution >= 4 is 21.7 Å². The highest BCUT2D eigenvalue weighted by atomic mass is 79.9. The first kappa shape index (κ1) is 24.0. The largest absolute Gasteiger partial charge is 0.387 e. The molecule has 3 nitrogen and oxygen atoms in total. The second kappa shape index (κ2) is 9.06. The van der Waals surface area contributed by atoms with Gasteiger partial charge in [0, 0.05) is 5.92 Å². The van der Waals surface area contributed by atoms with Gasteiger partial charge in [-0.3, -0.25) is 4.79 Å². The summed E-state index contributed by atoms with van der Waals surface area (Å²) in [7, 11) is 0. The molecule has 4 fully saturated rings. The van der Waals surface area contributed by atoms with Crippen molar-refractivity contribution in [2.75, 3.05) is 11.9 Å². The van der Waals surface area contributed by atoms with Crippen LogP contribution in [0.25, 0.3) is 0 Å². The quantitative estimate of drug-likeness (QED) is 0.435. The molecule has 3 unspecified atom stereocenters. The summed E-state index contributed by atoms with van der Waals surface area (Å²) in [6.45, 7) is 5.99. The summed E-state index contributed by atoms with van der Waals surface area (Å²) in [5, 5.41) is 12.0. The number of ether oxygens (including phenoxy) is 1. The SMILES string of the molecule is C[C@]12CCC3C(CC[C@H]4C[C@@](O)(COCc5ccccc5)CC[C@]34C)C1CC[C@@H]2C(=O)CBr. The lowest BCUT2D eigenvalue weighted by Gasteiger charge is -2.62. The molecule has 182 valence electrons. The van der Waals surface area contributed by atoms with Gasteiger partial charge in [0.25, 0.3) is 0 Å². The van der Waals surface area contributed by atoms with Crippen molar-refractivity contribution in [2.24, 2.45) is 40.4 Å². The summed E-state index contributed by atoms with van der Waals surface area (Å²) in [6, 6.07) is 10.3. The number of Topliss-reactive ketones (excluding diaryl/α,β-unsaturated/α-hetero) is 1. The van der Waals surface area contributed by atoms with E-state index in [0.717, 1.165) is 37.5 Å². The average molecular weight is 518 g/mol. The monoisotopic (exact) mass is 516 g/mol. The Bertz CT molecular complexity index is 858. The number of hydrogen-bond acceptors (Lipinski definition) is 3. The third kappa shape index (κ3) is 4.16. The minimum atomic E-state index is -0.685. The first-order valence-corrected chi connectivity index (χ1v) is 14.3. The molecule has 4 aliphatic rings. The van der Waals surface area contributed by atoms with Crippen LogP contribution in [0.4, 0.5) is 0 Å². The molecule has 1 aromatic rings. The zero-order chi connectivity index (χ0) is 23.3. The van der Waals surface area contributed by atoms with Crippen molar-refractivity contribution in [3.05, 3.63) is 35.9 Å². The second-order valence-corrected chi connectivity index (χ2v) is 12.9. The summed E-state index contributed by atoms with van der Waals surface area (Å²) < 4.78 is 6.01. The summed E-state index contributed by atoms with van der Waals surface area (Å²) in [6.07, 6.45) is 10.1. The van der Waals surface area contributed by atoms with Gasteiger partial charge in [-0.25, -0.2) is 0 Å². The highest BCUT2D eigenvalue weighted by Gasteiger charge is 2.62. The van der Waals surface area contributed by atoms with Crippen LogP contribution < -0.4 is 0 Å². The molecule has 0 spiro atoms. The van der Waals surface area contributed by atoms with Crippen molar-refractivity contribution in [1.82, 2.24) is 0 Å². The van der Waals surface area contributed by atoms with Gasteiger partial charge < -0.3 is 9.84 Å². The maximum atomic E-state index is 12.7. The summed E-state index contributed by atoms with van der Waals surface area (Å²) in [4.78, 5) is 12.7. The summed E-state index contributed by atoms with van der Waals surface area (Å²) >= 11 is 3.45. The molecule has 4 heteroatoms. The third-order valence-corrected chi connectivity index (χ3v) is 11.4. The van der Waals surface area contributed by atoms with E-state index >= 15 is 0 Å². The van der Waals surface area contributed by atoms with E-state index in [0.29, 0.717) is 41.6 Å². The third-order valence-electron chi connectivity index (χ3n) is 10.8. The Hall–Kier alpha value is -0.710. The molecule has 0 heterocycles. The first-order chi connectivity index (χ1) is 15.8. The fraction of sp³-hybridized carbons (Fsp3) is 0.759. The zero-order valence-corrected chi connectivity index (χ0v) is 22.0. The van der Waals surface area contributed by atoms with Crippen LogP contribution in [-0.4, -0.2) is 28.4 Å². The molecule has 5 rings (SSSR count). The van der Waals surface area contributed by atoms with Crippen molar-refractivity contribution in [3.63, 3.8) is 0 Å². The molecular formula is C29H41BrO3. The van der Waals surface area contributed by atoms with Gasteiger partial charge in [0.2, 0.25) is 0 Å². The van der Waals surface area contributed by atoms with E-state index in [1.807, 2.05) is 18.2 Å². The first-order valence-electron chi connectivity index (χ1n) is 13.2. The van der Waals surface area contributed by atoms with E-state index in [1.54, 1.807) is 0 Å². The molecule has 0 saturated heterocycles. The van der Waals surface area contributed by atoms with Gasteiger partial charge in [0.1, 0.15) is 5.78 Å². The van der Waals surface area contributed by atoms with E-state index in [4.69, 9.17) is 4.74 Å². The highest BCUT2D eigenvalue weighted by Crippen LogP contribution is 2.68. The molecule has 0 bridgehead atoms. The number of aliphatic hydroxyl groups is 1. The number of hydrogen-bond donors (Lipinski definition) is 1. The Balaban J connectivity index is 1.25. The predicted molar refractivity (Wildman–Crippen MR) is 135 cm³/mol. The molecular weight excluding hydrogens is 476 g/mol. The lowest BCUT2D eigenvalue weighted by molar-refractivity contribution is -0.167. The predicted octanol–water partition coefficient (Wildman–Crippen LogP) is 6.56. The van der Waals surface area contributed by atoms with E-state index < -0.39 is 5.60 Å². The number of fused-ring (bicyclic) bond motifs is 5. The van der Waals surface area contributed by atoms with Crippen LogP contribution in [0.1, 0.15) is 77.2 Å². The Kier molecular flexibility index (Phi) is 6.59. The number of ketones is 1. The lowest BCUT2D eigenvalue weighted by Crippen LogP contribution is -2.57.